The van der Waals surface area contributed by atoms with Crippen LogP contribution in [0.3, 0.4) is 0 Å². The second-order valence-electron chi connectivity index (χ2n) is 7.61. The molecule has 0 radical (unpaired) electrons. The number of furan rings is 1. The van der Waals surface area contributed by atoms with Crippen molar-refractivity contribution in [2.45, 2.75) is 20.8 Å². The number of pyridine rings is 1. The van der Waals surface area contributed by atoms with Crippen LogP contribution >= 0.6 is 0 Å². The van der Waals surface area contributed by atoms with E-state index >= 15 is 0 Å². The van der Waals surface area contributed by atoms with Gasteiger partial charge in [0.25, 0.3) is 0 Å². The first-order valence-electron chi connectivity index (χ1n) is 10.7. The predicted molar refractivity (Wildman–Crippen MR) is 131 cm³/mol. The van der Waals surface area contributed by atoms with Crippen molar-refractivity contribution in [2.75, 3.05) is 19.0 Å². The minimum absolute atomic E-state index is 0.256. The fourth-order valence-corrected chi connectivity index (χ4v) is 3.76. The summed E-state index contributed by atoms with van der Waals surface area (Å²) in [6.45, 7) is 6.20. The average molecular weight is 443 g/mol. The second kappa shape index (κ2) is 9.61. The first-order valence-corrected chi connectivity index (χ1v) is 10.7. The molecule has 0 fully saturated rings. The number of nitrogens with zero attached hydrogens (tertiary/aromatic N) is 1. The smallest absolute Gasteiger partial charge is 0.249 e. The number of ether oxygens (including phenoxy) is 2. The van der Waals surface area contributed by atoms with Crippen molar-refractivity contribution in [2.24, 2.45) is 0 Å². The number of hydrogen-bond acceptors (Lipinski definition) is 5. The standard InChI is InChI=1S/C27H26N2O4/c1-5-32-24-15-25-21(22(16-33-25)19-10-6-7-11-23(19)31-4)14-20(24)18(3)13-26(30)29-27-17(2)9-8-12-28-27/h6-16H,5H2,1-4H3,(H,28,29,30)/b18-13+. The fourth-order valence-electron chi connectivity index (χ4n) is 3.76. The van der Waals surface area contributed by atoms with E-state index in [4.69, 9.17) is 13.9 Å². The Balaban J connectivity index is 1.76. The van der Waals surface area contributed by atoms with Crippen molar-refractivity contribution in [3.63, 3.8) is 0 Å². The lowest BCUT2D eigenvalue weighted by atomic mass is 9.98. The number of benzene rings is 2. The zero-order valence-electron chi connectivity index (χ0n) is 19.1. The van der Waals surface area contributed by atoms with Gasteiger partial charge in [0.1, 0.15) is 22.9 Å². The van der Waals surface area contributed by atoms with E-state index in [2.05, 4.69) is 10.3 Å². The van der Waals surface area contributed by atoms with Gasteiger partial charge in [0.2, 0.25) is 5.91 Å². The molecule has 0 aliphatic heterocycles. The first-order chi connectivity index (χ1) is 16.0. The van der Waals surface area contributed by atoms with Crippen LogP contribution in [0.25, 0.3) is 27.7 Å². The molecule has 33 heavy (non-hydrogen) atoms. The number of anilines is 1. The summed E-state index contributed by atoms with van der Waals surface area (Å²) < 4.78 is 17.3. The second-order valence-corrected chi connectivity index (χ2v) is 7.61. The Hall–Kier alpha value is -4.06. The van der Waals surface area contributed by atoms with Crippen molar-refractivity contribution in [1.29, 1.82) is 0 Å². The maximum absolute atomic E-state index is 12.7. The van der Waals surface area contributed by atoms with Crippen molar-refractivity contribution < 1.29 is 18.7 Å². The quantitative estimate of drug-likeness (QED) is 0.342. The molecule has 1 amide bonds. The molecule has 4 aromatic rings. The zero-order valence-corrected chi connectivity index (χ0v) is 19.1. The molecular weight excluding hydrogens is 416 g/mol. The lowest BCUT2D eigenvalue weighted by Gasteiger charge is -2.12. The molecule has 2 heterocycles. The molecule has 0 bridgehead atoms. The summed E-state index contributed by atoms with van der Waals surface area (Å²) in [5.41, 5.74) is 5.01. The van der Waals surface area contributed by atoms with Crippen LogP contribution in [0.2, 0.25) is 0 Å². The lowest BCUT2D eigenvalue weighted by molar-refractivity contribution is -0.111. The molecule has 6 heteroatoms. The third kappa shape index (κ3) is 4.60. The normalized spacial score (nSPS) is 11.5. The third-order valence-electron chi connectivity index (χ3n) is 5.40. The molecule has 1 N–H and O–H groups in total. The number of carbonyl (C=O) groups is 1. The summed E-state index contributed by atoms with van der Waals surface area (Å²) in [6, 6.07) is 15.4. The fraction of sp³-hybridized carbons (Fsp3) is 0.185. The Morgan fingerprint density at radius 2 is 1.94 bits per heavy atom. The highest BCUT2D eigenvalue weighted by Crippen LogP contribution is 2.40. The molecule has 0 unspecified atom stereocenters. The number of rotatable bonds is 7. The van der Waals surface area contributed by atoms with Crippen molar-refractivity contribution in [1.82, 2.24) is 4.98 Å². The minimum Gasteiger partial charge on any atom is -0.496 e. The van der Waals surface area contributed by atoms with E-state index in [1.165, 1.54) is 0 Å². The molecule has 168 valence electrons. The van der Waals surface area contributed by atoms with E-state index in [1.807, 2.05) is 69.3 Å². The predicted octanol–water partition coefficient (Wildman–Crippen LogP) is 6.25. The number of nitrogens with one attached hydrogen (secondary N) is 1. The van der Waals surface area contributed by atoms with Crippen molar-refractivity contribution in [3.05, 3.63) is 78.2 Å². The lowest BCUT2D eigenvalue weighted by Crippen LogP contribution is -2.11. The van der Waals surface area contributed by atoms with E-state index in [1.54, 1.807) is 25.6 Å². The maximum atomic E-state index is 12.7. The van der Waals surface area contributed by atoms with Crippen LogP contribution in [0.4, 0.5) is 5.82 Å². The van der Waals surface area contributed by atoms with E-state index in [0.717, 1.165) is 39.0 Å². The van der Waals surface area contributed by atoms with Crippen LogP contribution in [0.1, 0.15) is 25.0 Å². The first kappa shape index (κ1) is 22.1. The summed E-state index contributed by atoms with van der Waals surface area (Å²) in [6.07, 6.45) is 4.93. The number of amides is 1. The Bertz CT molecular complexity index is 1340. The summed E-state index contributed by atoms with van der Waals surface area (Å²) in [5, 5.41) is 3.75. The Labute approximate surface area is 192 Å². The SMILES string of the molecule is CCOc1cc2occ(-c3ccccc3OC)c2cc1/C(C)=C/C(=O)Nc1ncccc1C. The molecular formula is C27H26N2O4. The molecule has 2 aromatic carbocycles. The van der Waals surface area contributed by atoms with Gasteiger partial charge in [-0.05, 0) is 50.1 Å². The number of methoxy groups -OCH3 is 1. The largest absolute Gasteiger partial charge is 0.496 e. The van der Waals surface area contributed by atoms with Crippen LogP contribution in [0.15, 0.2) is 71.5 Å². The van der Waals surface area contributed by atoms with Gasteiger partial charge in [-0.1, -0.05) is 24.3 Å². The van der Waals surface area contributed by atoms with Gasteiger partial charge in [-0.2, -0.15) is 0 Å². The van der Waals surface area contributed by atoms with E-state index in [0.29, 0.717) is 23.8 Å². The minimum atomic E-state index is -0.256. The van der Waals surface area contributed by atoms with Crippen molar-refractivity contribution in [3.8, 4) is 22.6 Å². The van der Waals surface area contributed by atoms with Gasteiger partial charge in [0.15, 0.2) is 0 Å². The summed E-state index contributed by atoms with van der Waals surface area (Å²) in [5.74, 6) is 1.70. The Morgan fingerprint density at radius 1 is 1.12 bits per heavy atom. The van der Waals surface area contributed by atoms with Gasteiger partial charge in [0, 0.05) is 40.4 Å². The Kier molecular flexibility index (Phi) is 6.45. The maximum Gasteiger partial charge on any atom is 0.249 e. The monoisotopic (exact) mass is 442 g/mol. The topological polar surface area (TPSA) is 73.6 Å². The average Bonchev–Trinajstić information content (AvgIpc) is 3.22. The molecule has 2 aromatic heterocycles. The van der Waals surface area contributed by atoms with Crippen molar-refractivity contribution >= 4 is 28.3 Å². The molecule has 0 saturated carbocycles. The summed E-state index contributed by atoms with van der Waals surface area (Å²) in [7, 11) is 1.65. The molecule has 0 aliphatic carbocycles. The Morgan fingerprint density at radius 3 is 2.70 bits per heavy atom. The van der Waals surface area contributed by atoms with Gasteiger partial charge >= 0.3 is 0 Å². The van der Waals surface area contributed by atoms with E-state index in [9.17, 15) is 4.79 Å². The number of allylic oxidation sites excluding steroid dienone is 1. The number of aromatic nitrogens is 1. The van der Waals surface area contributed by atoms with E-state index < -0.39 is 0 Å². The molecule has 6 nitrogen and oxygen atoms in total. The van der Waals surface area contributed by atoms with Gasteiger partial charge in [-0.25, -0.2) is 4.98 Å². The van der Waals surface area contributed by atoms with E-state index in [-0.39, 0.29) is 5.91 Å². The van der Waals surface area contributed by atoms with Gasteiger partial charge in [0.05, 0.1) is 20.0 Å². The molecule has 0 spiro atoms. The van der Waals surface area contributed by atoms with Gasteiger partial charge < -0.3 is 19.2 Å². The number of hydrogen-bond donors (Lipinski definition) is 1. The summed E-state index contributed by atoms with van der Waals surface area (Å²) >= 11 is 0. The van der Waals surface area contributed by atoms with Gasteiger partial charge in [-0.3, -0.25) is 4.79 Å². The number of para-hydroxylation sites is 1. The molecule has 4 rings (SSSR count). The van der Waals surface area contributed by atoms with Crippen LogP contribution in [-0.2, 0) is 4.79 Å². The van der Waals surface area contributed by atoms with Crippen LogP contribution in [-0.4, -0.2) is 24.6 Å². The highest BCUT2D eigenvalue weighted by Gasteiger charge is 2.17. The zero-order chi connectivity index (χ0) is 23.4. The molecule has 0 aliphatic rings. The van der Waals surface area contributed by atoms with Crippen LogP contribution in [0, 0.1) is 6.92 Å². The number of carbonyl (C=O) groups excluding carboxylic acids is 1. The van der Waals surface area contributed by atoms with Crippen LogP contribution < -0.4 is 14.8 Å². The highest BCUT2D eigenvalue weighted by atomic mass is 16.5. The molecule has 0 saturated heterocycles. The van der Waals surface area contributed by atoms with Crippen LogP contribution in [0.5, 0.6) is 11.5 Å². The molecule has 0 atom stereocenters. The van der Waals surface area contributed by atoms with Gasteiger partial charge in [-0.15, -0.1) is 0 Å². The third-order valence-corrected chi connectivity index (χ3v) is 5.40. The number of aryl methyl sites for hydroxylation is 1. The highest BCUT2D eigenvalue weighted by molar-refractivity contribution is 6.05. The number of fused-ring (bicyclic) bond motifs is 1. The summed E-state index contributed by atoms with van der Waals surface area (Å²) in [4.78, 5) is 16.9.